The summed E-state index contributed by atoms with van der Waals surface area (Å²) in [5.74, 6) is -0.127. The predicted octanol–water partition coefficient (Wildman–Crippen LogP) is 2.92. The van der Waals surface area contributed by atoms with Crippen LogP contribution < -0.4 is 11.1 Å². The molecule has 1 rings (SSSR count). The van der Waals surface area contributed by atoms with Crippen molar-refractivity contribution in [3.63, 3.8) is 0 Å². The van der Waals surface area contributed by atoms with Gasteiger partial charge in [-0.15, -0.1) is 0 Å². The summed E-state index contributed by atoms with van der Waals surface area (Å²) in [5, 5.41) is 2.95. The van der Waals surface area contributed by atoms with Gasteiger partial charge in [-0.3, -0.25) is 4.79 Å². The van der Waals surface area contributed by atoms with Crippen LogP contribution in [0.5, 0.6) is 0 Å². The number of hydrogen-bond donors (Lipinski definition) is 2. The van der Waals surface area contributed by atoms with Gasteiger partial charge in [0.1, 0.15) is 0 Å². The molecule has 1 atom stereocenters. The van der Waals surface area contributed by atoms with Crippen LogP contribution in [0.15, 0.2) is 12.1 Å². The monoisotopic (exact) mass is 248 g/mol. The van der Waals surface area contributed by atoms with Crippen LogP contribution in [0.1, 0.15) is 37.5 Å². The van der Waals surface area contributed by atoms with Crippen molar-refractivity contribution in [1.82, 2.24) is 0 Å². The summed E-state index contributed by atoms with van der Waals surface area (Å²) in [6.07, 6.45) is 0. The van der Waals surface area contributed by atoms with E-state index in [4.69, 9.17) is 5.73 Å². The van der Waals surface area contributed by atoms with E-state index in [9.17, 15) is 4.79 Å². The van der Waals surface area contributed by atoms with Crippen LogP contribution >= 0.6 is 0 Å². The van der Waals surface area contributed by atoms with E-state index in [1.165, 1.54) is 5.56 Å². The molecule has 100 valence electrons. The number of aryl methyl sites for hydroxylation is 3. The Hall–Kier alpha value is -1.35. The van der Waals surface area contributed by atoms with E-state index < -0.39 is 6.04 Å². The summed E-state index contributed by atoms with van der Waals surface area (Å²) in [5.41, 5.74) is 9.94. The fourth-order valence-corrected chi connectivity index (χ4v) is 1.97. The lowest BCUT2D eigenvalue weighted by Crippen LogP contribution is -2.45. The number of benzene rings is 1. The summed E-state index contributed by atoms with van der Waals surface area (Å²) in [6.45, 7) is 11.9. The Morgan fingerprint density at radius 2 is 1.61 bits per heavy atom. The van der Waals surface area contributed by atoms with Crippen molar-refractivity contribution in [2.45, 2.75) is 47.6 Å². The van der Waals surface area contributed by atoms with Gasteiger partial charge in [0.2, 0.25) is 5.91 Å². The van der Waals surface area contributed by atoms with Crippen LogP contribution in [0.2, 0.25) is 0 Å². The number of hydrogen-bond acceptors (Lipinski definition) is 2. The molecule has 0 heterocycles. The molecule has 3 heteroatoms. The van der Waals surface area contributed by atoms with Gasteiger partial charge in [0.15, 0.2) is 0 Å². The summed E-state index contributed by atoms with van der Waals surface area (Å²) < 4.78 is 0. The fourth-order valence-electron chi connectivity index (χ4n) is 1.97. The molecule has 0 saturated heterocycles. The molecule has 1 aromatic rings. The standard InChI is InChI=1S/C15H24N2O/c1-9-7-10(2)12(11(3)8-9)17-14(18)13(16)15(4,5)6/h7-8,13H,16H2,1-6H3,(H,17,18)/t13-/m0/s1. The third-order valence-electron chi connectivity index (χ3n) is 3.14. The van der Waals surface area contributed by atoms with Gasteiger partial charge in [0.25, 0.3) is 0 Å². The third kappa shape index (κ3) is 3.33. The Morgan fingerprint density at radius 1 is 1.17 bits per heavy atom. The first-order valence-electron chi connectivity index (χ1n) is 6.27. The average Bonchev–Trinajstić information content (AvgIpc) is 2.20. The molecular formula is C15H24N2O. The minimum Gasteiger partial charge on any atom is -0.324 e. The van der Waals surface area contributed by atoms with E-state index in [0.717, 1.165) is 16.8 Å². The Bertz CT molecular complexity index is 435. The molecule has 0 aliphatic rings. The summed E-state index contributed by atoms with van der Waals surface area (Å²) in [6, 6.07) is 3.61. The van der Waals surface area contributed by atoms with Crippen molar-refractivity contribution in [3.8, 4) is 0 Å². The van der Waals surface area contributed by atoms with Gasteiger partial charge in [0, 0.05) is 5.69 Å². The van der Waals surface area contributed by atoms with Crippen molar-refractivity contribution in [1.29, 1.82) is 0 Å². The van der Waals surface area contributed by atoms with Crippen LogP contribution in [0.3, 0.4) is 0 Å². The van der Waals surface area contributed by atoms with E-state index in [1.807, 2.05) is 41.5 Å². The molecule has 0 aliphatic carbocycles. The SMILES string of the molecule is Cc1cc(C)c(NC(=O)[C@H](N)C(C)(C)C)c(C)c1. The second-order valence-electron chi connectivity index (χ2n) is 6.11. The molecule has 18 heavy (non-hydrogen) atoms. The highest BCUT2D eigenvalue weighted by atomic mass is 16.2. The Morgan fingerprint density at radius 3 is 2.00 bits per heavy atom. The van der Waals surface area contributed by atoms with Gasteiger partial charge in [-0.2, -0.15) is 0 Å². The van der Waals surface area contributed by atoms with Crippen LogP contribution in [0.25, 0.3) is 0 Å². The van der Waals surface area contributed by atoms with Gasteiger partial charge in [-0.05, 0) is 37.3 Å². The lowest BCUT2D eigenvalue weighted by atomic mass is 9.87. The third-order valence-corrected chi connectivity index (χ3v) is 3.14. The van der Waals surface area contributed by atoms with Gasteiger partial charge in [-0.25, -0.2) is 0 Å². The smallest absolute Gasteiger partial charge is 0.241 e. The maximum atomic E-state index is 12.1. The number of nitrogens with two attached hydrogens (primary N) is 1. The average molecular weight is 248 g/mol. The topological polar surface area (TPSA) is 55.1 Å². The van der Waals surface area contributed by atoms with Gasteiger partial charge < -0.3 is 11.1 Å². The normalized spacial score (nSPS) is 13.3. The molecule has 0 radical (unpaired) electrons. The van der Waals surface area contributed by atoms with Crippen molar-refractivity contribution >= 4 is 11.6 Å². The molecule has 3 nitrogen and oxygen atoms in total. The molecule has 0 aromatic heterocycles. The van der Waals surface area contributed by atoms with E-state index >= 15 is 0 Å². The van der Waals surface area contributed by atoms with Crippen molar-refractivity contribution in [3.05, 3.63) is 28.8 Å². The van der Waals surface area contributed by atoms with Crippen LogP contribution in [0, 0.1) is 26.2 Å². The number of anilines is 1. The van der Waals surface area contributed by atoms with Gasteiger partial charge >= 0.3 is 0 Å². The highest BCUT2D eigenvalue weighted by Gasteiger charge is 2.27. The van der Waals surface area contributed by atoms with Gasteiger partial charge in [0.05, 0.1) is 6.04 Å². The quantitative estimate of drug-likeness (QED) is 0.845. The number of rotatable bonds is 2. The number of carbonyl (C=O) groups is 1. The van der Waals surface area contributed by atoms with E-state index in [-0.39, 0.29) is 11.3 Å². The maximum Gasteiger partial charge on any atom is 0.241 e. The molecule has 0 fully saturated rings. The Labute approximate surface area is 110 Å². The van der Waals surface area contributed by atoms with Gasteiger partial charge in [-0.1, -0.05) is 38.5 Å². The Balaban J connectivity index is 2.96. The minimum atomic E-state index is -0.516. The zero-order valence-electron chi connectivity index (χ0n) is 12.2. The molecule has 0 bridgehead atoms. The second-order valence-corrected chi connectivity index (χ2v) is 6.11. The first-order valence-corrected chi connectivity index (χ1v) is 6.27. The lowest BCUT2D eigenvalue weighted by molar-refractivity contribution is -0.119. The highest BCUT2D eigenvalue weighted by Crippen LogP contribution is 2.24. The molecule has 0 saturated carbocycles. The summed E-state index contributed by atoms with van der Waals surface area (Å²) in [7, 11) is 0. The maximum absolute atomic E-state index is 12.1. The Kier molecular flexibility index (Phi) is 4.17. The lowest BCUT2D eigenvalue weighted by Gasteiger charge is -2.26. The molecular weight excluding hydrogens is 224 g/mol. The van der Waals surface area contributed by atoms with Crippen molar-refractivity contribution in [2.75, 3.05) is 5.32 Å². The zero-order chi connectivity index (χ0) is 14.1. The molecule has 1 aromatic carbocycles. The second kappa shape index (κ2) is 5.11. The largest absolute Gasteiger partial charge is 0.324 e. The number of nitrogens with one attached hydrogen (secondary N) is 1. The number of amides is 1. The van der Waals surface area contributed by atoms with Crippen LogP contribution in [0.4, 0.5) is 5.69 Å². The van der Waals surface area contributed by atoms with E-state index in [1.54, 1.807) is 0 Å². The molecule has 0 aliphatic heterocycles. The fraction of sp³-hybridized carbons (Fsp3) is 0.533. The van der Waals surface area contributed by atoms with E-state index in [0.29, 0.717) is 0 Å². The number of carbonyl (C=O) groups excluding carboxylic acids is 1. The van der Waals surface area contributed by atoms with Crippen molar-refractivity contribution < 1.29 is 4.79 Å². The first kappa shape index (κ1) is 14.7. The molecule has 3 N–H and O–H groups in total. The first-order chi connectivity index (χ1) is 8.12. The zero-order valence-corrected chi connectivity index (χ0v) is 12.2. The summed E-state index contributed by atoms with van der Waals surface area (Å²) >= 11 is 0. The van der Waals surface area contributed by atoms with Crippen molar-refractivity contribution in [2.24, 2.45) is 11.1 Å². The van der Waals surface area contributed by atoms with Crippen LogP contribution in [-0.2, 0) is 4.79 Å². The molecule has 1 amide bonds. The molecule has 0 spiro atoms. The summed E-state index contributed by atoms with van der Waals surface area (Å²) in [4.78, 5) is 12.1. The molecule has 0 unspecified atom stereocenters. The van der Waals surface area contributed by atoms with E-state index in [2.05, 4.69) is 17.4 Å². The predicted molar refractivity (Wildman–Crippen MR) is 76.7 cm³/mol. The highest BCUT2D eigenvalue weighted by molar-refractivity contribution is 5.96. The minimum absolute atomic E-state index is 0.127. The van der Waals surface area contributed by atoms with Crippen LogP contribution in [-0.4, -0.2) is 11.9 Å².